The van der Waals surface area contributed by atoms with E-state index in [2.05, 4.69) is 0 Å². The number of benzene rings is 1. The van der Waals surface area contributed by atoms with E-state index in [-0.39, 0.29) is 17.2 Å². The van der Waals surface area contributed by atoms with Crippen molar-refractivity contribution < 1.29 is 31.8 Å². The Morgan fingerprint density at radius 1 is 1.38 bits per heavy atom. The number of halogens is 2. The van der Waals surface area contributed by atoms with E-state index >= 15 is 0 Å². The second-order valence-corrected chi connectivity index (χ2v) is 7.51. The van der Waals surface area contributed by atoms with E-state index in [1.54, 1.807) is 6.92 Å². The molecule has 1 aliphatic rings. The first-order chi connectivity index (χ1) is 11.2. The molecule has 9 heteroatoms. The number of nitrogens with zero attached hydrogens (tertiary/aromatic N) is 1. The van der Waals surface area contributed by atoms with Crippen LogP contribution in [-0.2, 0) is 14.8 Å². The van der Waals surface area contributed by atoms with E-state index in [4.69, 9.17) is 4.74 Å². The first kappa shape index (κ1) is 18.6. The lowest BCUT2D eigenvalue weighted by atomic mass is 9.92. The van der Waals surface area contributed by atoms with Crippen LogP contribution < -0.4 is 4.74 Å². The summed E-state index contributed by atoms with van der Waals surface area (Å²) >= 11 is 0. The monoisotopic (exact) mass is 363 g/mol. The van der Waals surface area contributed by atoms with Gasteiger partial charge in [-0.25, -0.2) is 17.2 Å². The van der Waals surface area contributed by atoms with Gasteiger partial charge in [0.05, 0.1) is 10.8 Å². The average Bonchev–Trinajstić information content (AvgIpc) is 2.53. The molecule has 1 saturated heterocycles. The molecule has 0 unspecified atom stereocenters. The van der Waals surface area contributed by atoms with Crippen molar-refractivity contribution in [1.29, 1.82) is 0 Å². The Morgan fingerprint density at radius 2 is 2.00 bits per heavy atom. The fourth-order valence-electron chi connectivity index (χ4n) is 2.78. The highest BCUT2D eigenvalue weighted by Gasteiger charge is 2.39. The topological polar surface area (TPSA) is 83.9 Å². The molecule has 0 aromatic heterocycles. The lowest BCUT2D eigenvalue weighted by molar-refractivity contribution is -0.144. The standard InChI is InChI=1S/C15H19F2NO5S/c1-10-13(15(19)20)3-2-8-18(10)24(21,22)12-6-4-11(5-7-12)23-9-14(16)17/h4-7,10,13-14H,2-3,8-9H2,1H3,(H,19,20)/t10-,13-/m1/s1. The molecule has 6 nitrogen and oxygen atoms in total. The van der Waals surface area contributed by atoms with Crippen molar-refractivity contribution in [3.63, 3.8) is 0 Å². The zero-order valence-electron chi connectivity index (χ0n) is 13.1. The molecular weight excluding hydrogens is 344 g/mol. The summed E-state index contributed by atoms with van der Waals surface area (Å²) in [5.41, 5.74) is 0. The third kappa shape index (κ3) is 4.02. The van der Waals surface area contributed by atoms with Crippen LogP contribution in [0.4, 0.5) is 8.78 Å². The first-order valence-corrected chi connectivity index (χ1v) is 8.93. The van der Waals surface area contributed by atoms with Gasteiger partial charge in [0.25, 0.3) is 6.43 Å². The number of rotatable bonds is 6. The Morgan fingerprint density at radius 3 is 2.54 bits per heavy atom. The molecule has 1 aliphatic heterocycles. The molecule has 1 fully saturated rings. The van der Waals surface area contributed by atoms with Gasteiger partial charge < -0.3 is 9.84 Å². The number of ether oxygens (including phenoxy) is 1. The van der Waals surface area contributed by atoms with Gasteiger partial charge in [-0.2, -0.15) is 4.31 Å². The predicted molar refractivity (Wildman–Crippen MR) is 81.7 cm³/mol. The number of alkyl halides is 2. The second-order valence-electron chi connectivity index (χ2n) is 5.62. The van der Waals surface area contributed by atoms with Crippen molar-refractivity contribution in [2.45, 2.75) is 37.1 Å². The quantitative estimate of drug-likeness (QED) is 0.838. The Bertz CT molecular complexity index is 678. The normalized spacial score (nSPS) is 22.5. The number of hydrogen-bond acceptors (Lipinski definition) is 4. The number of carbonyl (C=O) groups is 1. The van der Waals surface area contributed by atoms with Crippen LogP contribution in [0.1, 0.15) is 19.8 Å². The van der Waals surface area contributed by atoms with E-state index in [1.807, 2.05) is 0 Å². The van der Waals surface area contributed by atoms with Crippen molar-refractivity contribution in [3.8, 4) is 5.75 Å². The SMILES string of the molecule is C[C@@H]1[C@H](C(=O)O)CCCN1S(=O)(=O)c1ccc(OCC(F)F)cc1. The number of carboxylic acid groups (broad SMARTS) is 1. The van der Waals surface area contributed by atoms with Crippen LogP contribution >= 0.6 is 0 Å². The molecule has 0 radical (unpaired) electrons. The largest absolute Gasteiger partial charge is 0.488 e. The number of sulfonamides is 1. The van der Waals surface area contributed by atoms with E-state index in [0.717, 1.165) is 0 Å². The van der Waals surface area contributed by atoms with Crippen molar-refractivity contribution in [1.82, 2.24) is 4.31 Å². The number of hydrogen-bond donors (Lipinski definition) is 1. The molecule has 2 rings (SSSR count). The number of aliphatic carboxylic acids is 1. The van der Waals surface area contributed by atoms with Crippen LogP contribution in [0.2, 0.25) is 0 Å². The Balaban J connectivity index is 2.18. The molecular formula is C15H19F2NO5S. The summed E-state index contributed by atoms with van der Waals surface area (Å²) in [6.45, 7) is 1.06. The Hall–Kier alpha value is -1.74. The molecule has 0 saturated carbocycles. The highest BCUT2D eigenvalue weighted by Crippen LogP contribution is 2.30. The predicted octanol–water partition coefficient (Wildman–Crippen LogP) is 2.20. The van der Waals surface area contributed by atoms with Crippen LogP contribution in [-0.4, -0.2) is 49.4 Å². The number of piperidine rings is 1. The summed E-state index contributed by atoms with van der Waals surface area (Å²) in [6.07, 6.45) is -1.71. The van der Waals surface area contributed by atoms with E-state index in [9.17, 15) is 27.1 Å². The van der Waals surface area contributed by atoms with Gasteiger partial charge in [0.15, 0.2) is 0 Å². The minimum Gasteiger partial charge on any atom is -0.488 e. The molecule has 1 aromatic rings. The van der Waals surface area contributed by atoms with Gasteiger partial charge in [0, 0.05) is 12.6 Å². The zero-order valence-corrected chi connectivity index (χ0v) is 13.9. The maximum atomic E-state index is 12.7. The minimum atomic E-state index is -3.86. The zero-order chi connectivity index (χ0) is 17.9. The lowest BCUT2D eigenvalue weighted by Gasteiger charge is -2.36. The summed E-state index contributed by atoms with van der Waals surface area (Å²) < 4.78 is 55.6. The van der Waals surface area contributed by atoms with Gasteiger partial charge in [-0.15, -0.1) is 0 Å². The van der Waals surface area contributed by atoms with Gasteiger partial charge in [-0.3, -0.25) is 4.79 Å². The molecule has 0 bridgehead atoms. The smallest absolute Gasteiger partial charge is 0.308 e. The summed E-state index contributed by atoms with van der Waals surface area (Å²) in [4.78, 5) is 11.2. The molecule has 0 amide bonds. The summed E-state index contributed by atoms with van der Waals surface area (Å²) in [7, 11) is -3.86. The fraction of sp³-hybridized carbons (Fsp3) is 0.533. The van der Waals surface area contributed by atoms with E-state index in [1.165, 1.54) is 28.6 Å². The van der Waals surface area contributed by atoms with Crippen molar-refractivity contribution in [2.24, 2.45) is 5.92 Å². The molecule has 0 spiro atoms. The molecule has 24 heavy (non-hydrogen) atoms. The van der Waals surface area contributed by atoms with Gasteiger partial charge in [-0.05, 0) is 44.0 Å². The minimum absolute atomic E-state index is 0.0233. The first-order valence-electron chi connectivity index (χ1n) is 7.49. The highest BCUT2D eigenvalue weighted by molar-refractivity contribution is 7.89. The van der Waals surface area contributed by atoms with E-state index < -0.39 is 41.0 Å². The van der Waals surface area contributed by atoms with Gasteiger partial charge >= 0.3 is 5.97 Å². The highest BCUT2D eigenvalue weighted by atomic mass is 32.2. The van der Waals surface area contributed by atoms with Gasteiger partial charge in [0.2, 0.25) is 10.0 Å². The summed E-state index contributed by atoms with van der Waals surface area (Å²) in [6, 6.07) is 4.49. The van der Waals surface area contributed by atoms with Crippen molar-refractivity contribution in [2.75, 3.05) is 13.2 Å². The molecule has 0 aliphatic carbocycles. The van der Waals surface area contributed by atoms with Crippen LogP contribution in [0.15, 0.2) is 29.2 Å². The maximum absolute atomic E-state index is 12.7. The van der Waals surface area contributed by atoms with Crippen LogP contribution in [0.5, 0.6) is 5.75 Å². The summed E-state index contributed by atoms with van der Waals surface area (Å²) in [5.74, 6) is -1.62. The fourth-order valence-corrected chi connectivity index (χ4v) is 4.49. The molecule has 1 aromatic carbocycles. The third-order valence-electron chi connectivity index (χ3n) is 4.05. The van der Waals surface area contributed by atoms with Crippen molar-refractivity contribution >= 4 is 16.0 Å². The second kappa shape index (κ2) is 7.43. The lowest BCUT2D eigenvalue weighted by Crippen LogP contribution is -2.48. The van der Waals surface area contributed by atoms with Crippen LogP contribution in [0, 0.1) is 5.92 Å². The van der Waals surface area contributed by atoms with Gasteiger partial charge in [0.1, 0.15) is 12.4 Å². The summed E-state index contributed by atoms with van der Waals surface area (Å²) in [5, 5.41) is 9.20. The van der Waals surface area contributed by atoms with Crippen LogP contribution in [0.3, 0.4) is 0 Å². The molecule has 2 atom stereocenters. The Kier molecular flexibility index (Phi) is 5.76. The maximum Gasteiger partial charge on any atom is 0.308 e. The molecule has 1 N–H and O–H groups in total. The average molecular weight is 363 g/mol. The third-order valence-corrected chi connectivity index (χ3v) is 6.05. The van der Waals surface area contributed by atoms with Crippen molar-refractivity contribution in [3.05, 3.63) is 24.3 Å². The van der Waals surface area contributed by atoms with Gasteiger partial charge in [-0.1, -0.05) is 0 Å². The molecule has 134 valence electrons. The van der Waals surface area contributed by atoms with Crippen LogP contribution in [0.25, 0.3) is 0 Å². The number of carboxylic acids is 1. The molecule has 1 heterocycles. The Labute approximate surface area is 139 Å². The van der Waals surface area contributed by atoms with E-state index in [0.29, 0.717) is 12.8 Å².